The van der Waals surface area contributed by atoms with Crippen LogP contribution in [0.15, 0.2) is 36.4 Å². The van der Waals surface area contributed by atoms with Crippen LogP contribution in [-0.2, 0) is 6.54 Å². The maximum atomic E-state index is 10.8. The Morgan fingerprint density at radius 3 is 2.35 bits per heavy atom. The first-order chi connectivity index (χ1) is 12.6. The highest BCUT2D eigenvalue weighted by atomic mass is 16.5. The summed E-state index contributed by atoms with van der Waals surface area (Å²) < 4.78 is 11.0. The minimum absolute atomic E-state index is 0.421. The average Bonchev–Trinajstić information content (AvgIpc) is 2.66. The first kappa shape index (κ1) is 16.6. The molecule has 26 heavy (non-hydrogen) atoms. The second-order valence-electron chi connectivity index (χ2n) is 6.38. The number of ether oxygens (including phenoxy) is 2. The zero-order valence-electron chi connectivity index (χ0n) is 15.1. The molecule has 0 spiro atoms. The molecule has 0 unspecified atom stereocenters. The lowest BCUT2D eigenvalue weighted by Crippen LogP contribution is -2.35. The number of para-hydroxylation sites is 2. The molecule has 0 bridgehead atoms. The van der Waals surface area contributed by atoms with Crippen LogP contribution in [-0.4, -0.2) is 35.8 Å². The fourth-order valence-electron chi connectivity index (χ4n) is 3.62. The smallest absolute Gasteiger partial charge is 0.151 e. The van der Waals surface area contributed by atoms with E-state index in [1.54, 1.807) is 14.2 Å². The van der Waals surface area contributed by atoms with Crippen LogP contribution in [0.4, 0.5) is 5.82 Å². The van der Waals surface area contributed by atoms with Gasteiger partial charge in [0.2, 0.25) is 0 Å². The van der Waals surface area contributed by atoms with Crippen LogP contribution in [0.5, 0.6) is 11.5 Å². The van der Waals surface area contributed by atoms with Gasteiger partial charge in [-0.2, -0.15) is 0 Å². The molecular formula is C20H21N3O3. The number of nitrogens with zero attached hydrogens (tertiary/aromatic N) is 3. The van der Waals surface area contributed by atoms with Crippen molar-refractivity contribution in [2.75, 3.05) is 25.7 Å². The van der Waals surface area contributed by atoms with E-state index in [-0.39, 0.29) is 0 Å². The van der Waals surface area contributed by atoms with E-state index in [0.29, 0.717) is 18.8 Å². The van der Waals surface area contributed by atoms with E-state index in [1.165, 1.54) is 0 Å². The number of aliphatic hydroxyl groups is 1. The summed E-state index contributed by atoms with van der Waals surface area (Å²) in [5.74, 6) is 2.18. The van der Waals surface area contributed by atoms with E-state index < -0.39 is 6.10 Å². The topological polar surface area (TPSA) is 67.7 Å². The van der Waals surface area contributed by atoms with Gasteiger partial charge in [0, 0.05) is 17.7 Å². The molecule has 0 saturated carbocycles. The summed E-state index contributed by atoms with van der Waals surface area (Å²) in [5, 5.41) is 10.8. The van der Waals surface area contributed by atoms with Gasteiger partial charge in [0.25, 0.3) is 0 Å². The van der Waals surface area contributed by atoms with Crippen LogP contribution < -0.4 is 14.4 Å². The number of hydrogen-bond acceptors (Lipinski definition) is 6. The Balaban J connectivity index is 1.81. The predicted octanol–water partition coefficient (Wildman–Crippen LogP) is 3.01. The van der Waals surface area contributed by atoms with Gasteiger partial charge < -0.3 is 19.5 Å². The van der Waals surface area contributed by atoms with E-state index in [2.05, 4.69) is 4.98 Å². The van der Waals surface area contributed by atoms with Crippen LogP contribution >= 0.6 is 0 Å². The number of benzene rings is 2. The first-order valence-electron chi connectivity index (χ1n) is 8.52. The summed E-state index contributed by atoms with van der Waals surface area (Å²) in [4.78, 5) is 11.5. The molecule has 4 rings (SSSR count). The summed E-state index contributed by atoms with van der Waals surface area (Å²) in [6, 6.07) is 11.5. The van der Waals surface area contributed by atoms with Crippen LogP contribution in [0.3, 0.4) is 0 Å². The minimum Gasteiger partial charge on any atom is -0.496 e. The number of β-amino-alcohol motifs (C(OH)–C–C–N with tert-alkyl or cyclic N) is 1. The molecule has 0 amide bonds. The molecule has 6 heteroatoms. The third-order valence-electron chi connectivity index (χ3n) is 4.81. The number of aliphatic hydroxyl groups excluding tert-OH is 1. The lowest BCUT2D eigenvalue weighted by molar-refractivity contribution is 0.169. The lowest BCUT2D eigenvalue weighted by atomic mass is 9.95. The van der Waals surface area contributed by atoms with E-state index >= 15 is 0 Å². The molecule has 1 aromatic heterocycles. The highest BCUT2D eigenvalue weighted by molar-refractivity contribution is 5.76. The van der Waals surface area contributed by atoms with Crippen molar-refractivity contribution < 1.29 is 14.6 Å². The van der Waals surface area contributed by atoms with Crippen molar-refractivity contribution in [3.05, 3.63) is 53.2 Å². The quantitative estimate of drug-likeness (QED) is 0.782. The molecule has 0 saturated heterocycles. The zero-order chi connectivity index (χ0) is 18.3. The number of hydrogen-bond donors (Lipinski definition) is 1. The van der Waals surface area contributed by atoms with Crippen molar-refractivity contribution in [1.82, 2.24) is 9.97 Å². The molecule has 1 N–H and O–H groups in total. The van der Waals surface area contributed by atoms with Crippen molar-refractivity contribution in [2.24, 2.45) is 0 Å². The van der Waals surface area contributed by atoms with Gasteiger partial charge in [-0.1, -0.05) is 12.1 Å². The summed E-state index contributed by atoms with van der Waals surface area (Å²) in [5.41, 5.74) is 4.24. The number of aromatic nitrogens is 2. The number of methoxy groups -OCH3 is 2. The Morgan fingerprint density at radius 1 is 1.00 bits per heavy atom. The Labute approximate surface area is 152 Å². The summed E-state index contributed by atoms with van der Waals surface area (Å²) in [6.45, 7) is 2.94. The number of aryl methyl sites for hydroxylation is 1. The van der Waals surface area contributed by atoms with E-state index in [1.807, 2.05) is 48.2 Å². The van der Waals surface area contributed by atoms with Crippen molar-refractivity contribution in [1.29, 1.82) is 0 Å². The fraction of sp³-hybridized carbons (Fsp3) is 0.300. The average molecular weight is 351 g/mol. The van der Waals surface area contributed by atoms with Crippen LogP contribution in [0, 0.1) is 6.92 Å². The normalized spacial score (nSPS) is 16.5. The number of rotatable bonds is 3. The van der Waals surface area contributed by atoms with Gasteiger partial charge >= 0.3 is 0 Å². The van der Waals surface area contributed by atoms with Crippen molar-refractivity contribution in [3.8, 4) is 11.5 Å². The number of anilines is 1. The molecule has 0 aliphatic carbocycles. The second kappa shape index (κ2) is 6.46. The third kappa shape index (κ3) is 2.63. The molecule has 1 aliphatic heterocycles. The van der Waals surface area contributed by atoms with Crippen molar-refractivity contribution >= 4 is 16.9 Å². The van der Waals surface area contributed by atoms with Gasteiger partial charge in [-0.3, -0.25) is 0 Å². The Hall–Kier alpha value is -2.86. The molecule has 3 aromatic rings. The lowest BCUT2D eigenvalue weighted by Gasteiger charge is -2.35. The van der Waals surface area contributed by atoms with E-state index in [9.17, 15) is 5.11 Å². The maximum absolute atomic E-state index is 10.8. The SMILES string of the molecule is COc1ccc(OC)c2c1CN(c1nc3ccccc3nc1C)C[C@@H]2O. The fourth-order valence-corrected chi connectivity index (χ4v) is 3.62. The monoisotopic (exact) mass is 351 g/mol. The van der Waals surface area contributed by atoms with Crippen LogP contribution in [0.1, 0.15) is 22.9 Å². The highest BCUT2D eigenvalue weighted by Crippen LogP contribution is 2.40. The molecule has 0 fully saturated rings. The van der Waals surface area contributed by atoms with Gasteiger partial charge in [-0.25, -0.2) is 9.97 Å². The molecule has 1 aliphatic rings. The second-order valence-corrected chi connectivity index (χ2v) is 6.38. The van der Waals surface area contributed by atoms with Gasteiger partial charge in [0.15, 0.2) is 5.82 Å². The highest BCUT2D eigenvalue weighted by Gasteiger charge is 2.31. The van der Waals surface area contributed by atoms with Gasteiger partial charge in [0.1, 0.15) is 17.6 Å². The van der Waals surface area contributed by atoms with Crippen LogP contribution in [0.25, 0.3) is 11.0 Å². The zero-order valence-corrected chi connectivity index (χ0v) is 15.1. The molecule has 1 atom stereocenters. The molecule has 2 heterocycles. The standard InChI is InChI=1S/C20H21N3O3/c1-12-20(22-15-7-5-4-6-14(15)21-12)23-10-13-17(25-2)8-9-18(26-3)19(13)16(24)11-23/h4-9,16,24H,10-11H2,1-3H3/t16-/m0/s1. The minimum atomic E-state index is -0.698. The number of fused-ring (bicyclic) bond motifs is 2. The van der Waals surface area contributed by atoms with E-state index in [0.717, 1.165) is 39.4 Å². The van der Waals surface area contributed by atoms with Gasteiger partial charge in [-0.15, -0.1) is 0 Å². The van der Waals surface area contributed by atoms with E-state index in [4.69, 9.17) is 14.5 Å². The van der Waals surface area contributed by atoms with Crippen LogP contribution in [0.2, 0.25) is 0 Å². The van der Waals surface area contributed by atoms with Crippen molar-refractivity contribution in [3.63, 3.8) is 0 Å². The van der Waals surface area contributed by atoms with Gasteiger partial charge in [0.05, 0.1) is 37.5 Å². The molecule has 2 aromatic carbocycles. The maximum Gasteiger partial charge on any atom is 0.151 e. The Kier molecular flexibility index (Phi) is 4.12. The molecular weight excluding hydrogens is 330 g/mol. The van der Waals surface area contributed by atoms with Crippen molar-refractivity contribution in [2.45, 2.75) is 19.6 Å². The Bertz CT molecular complexity index is 974. The van der Waals surface area contributed by atoms with Gasteiger partial charge in [-0.05, 0) is 31.2 Å². The molecule has 0 radical (unpaired) electrons. The Morgan fingerprint density at radius 2 is 1.65 bits per heavy atom. The molecule has 6 nitrogen and oxygen atoms in total. The third-order valence-corrected chi connectivity index (χ3v) is 4.81. The summed E-state index contributed by atoms with van der Waals surface area (Å²) >= 11 is 0. The predicted molar refractivity (Wildman–Crippen MR) is 99.8 cm³/mol. The molecule has 134 valence electrons. The first-order valence-corrected chi connectivity index (χ1v) is 8.52. The summed E-state index contributed by atoms with van der Waals surface area (Å²) in [7, 11) is 3.24. The summed E-state index contributed by atoms with van der Waals surface area (Å²) in [6.07, 6.45) is -0.698. The largest absolute Gasteiger partial charge is 0.496 e.